The van der Waals surface area contributed by atoms with Gasteiger partial charge >= 0.3 is 0 Å². The number of sulfone groups is 1. The summed E-state index contributed by atoms with van der Waals surface area (Å²) in [6.07, 6.45) is 3.10. The molecule has 1 saturated heterocycles. The van der Waals surface area contributed by atoms with Crippen molar-refractivity contribution in [3.05, 3.63) is 29.8 Å². The Labute approximate surface area is 115 Å². The van der Waals surface area contributed by atoms with E-state index in [9.17, 15) is 8.42 Å². The summed E-state index contributed by atoms with van der Waals surface area (Å²) in [5.74, 6) is 0. The summed E-state index contributed by atoms with van der Waals surface area (Å²) >= 11 is 0. The Balaban J connectivity index is 2.07. The molecule has 106 valence electrons. The lowest BCUT2D eigenvalue weighted by Crippen LogP contribution is -2.41. The summed E-state index contributed by atoms with van der Waals surface area (Å²) in [4.78, 5) is 2.24. The SMILES string of the molecule is CNc1ccccc1CN1CCCC(S(C)(=O)=O)C1. The third-order valence-electron chi connectivity index (χ3n) is 3.75. The minimum atomic E-state index is -2.92. The first-order valence-electron chi connectivity index (χ1n) is 6.67. The zero-order valence-electron chi connectivity index (χ0n) is 11.6. The van der Waals surface area contributed by atoms with Crippen molar-refractivity contribution in [3.63, 3.8) is 0 Å². The molecule has 1 atom stereocenters. The van der Waals surface area contributed by atoms with Crippen LogP contribution in [0.15, 0.2) is 24.3 Å². The lowest BCUT2D eigenvalue weighted by molar-refractivity contribution is 0.223. The van der Waals surface area contributed by atoms with Crippen LogP contribution in [0.2, 0.25) is 0 Å². The zero-order chi connectivity index (χ0) is 13.9. The number of rotatable bonds is 4. The molecule has 1 fully saturated rings. The van der Waals surface area contributed by atoms with Gasteiger partial charge in [-0.05, 0) is 31.0 Å². The highest BCUT2D eigenvalue weighted by Crippen LogP contribution is 2.21. The van der Waals surface area contributed by atoms with E-state index in [1.807, 2.05) is 25.2 Å². The average Bonchev–Trinajstić information content (AvgIpc) is 2.39. The van der Waals surface area contributed by atoms with Crippen molar-refractivity contribution in [3.8, 4) is 0 Å². The van der Waals surface area contributed by atoms with Gasteiger partial charge in [0.05, 0.1) is 5.25 Å². The van der Waals surface area contributed by atoms with Gasteiger partial charge in [-0.2, -0.15) is 0 Å². The zero-order valence-corrected chi connectivity index (χ0v) is 12.4. The molecule has 19 heavy (non-hydrogen) atoms. The van der Waals surface area contributed by atoms with Crippen LogP contribution in [0.3, 0.4) is 0 Å². The number of nitrogens with zero attached hydrogens (tertiary/aromatic N) is 1. The molecule has 1 aliphatic rings. The Morgan fingerprint density at radius 1 is 1.37 bits per heavy atom. The molecule has 4 nitrogen and oxygen atoms in total. The molecule has 0 amide bonds. The van der Waals surface area contributed by atoms with Crippen molar-refractivity contribution >= 4 is 15.5 Å². The van der Waals surface area contributed by atoms with Gasteiger partial charge in [0, 0.05) is 32.1 Å². The number of para-hydroxylation sites is 1. The number of likely N-dealkylation sites (tertiary alicyclic amines) is 1. The number of piperidine rings is 1. The predicted molar refractivity (Wildman–Crippen MR) is 79.1 cm³/mol. The molecule has 2 rings (SSSR count). The molecule has 0 bridgehead atoms. The minimum absolute atomic E-state index is 0.206. The first-order chi connectivity index (χ1) is 9.00. The minimum Gasteiger partial charge on any atom is -0.388 e. The molecule has 0 saturated carbocycles. The molecule has 1 aromatic carbocycles. The Bertz CT molecular complexity index is 528. The number of nitrogens with one attached hydrogen (secondary N) is 1. The van der Waals surface area contributed by atoms with Crippen molar-refractivity contribution in [1.82, 2.24) is 4.90 Å². The van der Waals surface area contributed by atoms with Crippen LogP contribution in [0.1, 0.15) is 18.4 Å². The fourth-order valence-electron chi connectivity index (χ4n) is 2.65. The number of anilines is 1. The fraction of sp³-hybridized carbons (Fsp3) is 0.571. The van der Waals surface area contributed by atoms with Crippen molar-refractivity contribution in [2.75, 3.05) is 31.7 Å². The first kappa shape index (κ1) is 14.3. The Morgan fingerprint density at radius 3 is 2.79 bits per heavy atom. The van der Waals surface area contributed by atoms with Crippen LogP contribution < -0.4 is 5.32 Å². The maximum absolute atomic E-state index is 11.7. The quantitative estimate of drug-likeness (QED) is 0.914. The third kappa shape index (κ3) is 3.70. The van der Waals surface area contributed by atoms with Gasteiger partial charge in [-0.3, -0.25) is 4.90 Å². The highest BCUT2D eigenvalue weighted by molar-refractivity contribution is 7.91. The summed E-state index contributed by atoms with van der Waals surface area (Å²) < 4.78 is 23.3. The molecule has 1 aromatic rings. The normalized spacial score (nSPS) is 21.3. The van der Waals surface area contributed by atoms with E-state index in [0.717, 1.165) is 31.6 Å². The van der Waals surface area contributed by atoms with Gasteiger partial charge in [-0.1, -0.05) is 18.2 Å². The van der Waals surface area contributed by atoms with Gasteiger partial charge in [-0.15, -0.1) is 0 Å². The van der Waals surface area contributed by atoms with Crippen LogP contribution in [0.4, 0.5) is 5.69 Å². The smallest absolute Gasteiger partial charge is 0.151 e. The molecule has 1 unspecified atom stereocenters. The molecular formula is C14H22N2O2S. The van der Waals surface area contributed by atoms with Crippen LogP contribution in [-0.4, -0.2) is 45.0 Å². The Kier molecular flexibility index (Phi) is 4.47. The van der Waals surface area contributed by atoms with E-state index >= 15 is 0 Å². The van der Waals surface area contributed by atoms with Gasteiger partial charge in [0.15, 0.2) is 9.84 Å². The number of hydrogen-bond acceptors (Lipinski definition) is 4. The maximum Gasteiger partial charge on any atom is 0.151 e. The highest BCUT2D eigenvalue weighted by atomic mass is 32.2. The topological polar surface area (TPSA) is 49.4 Å². The number of benzene rings is 1. The summed E-state index contributed by atoms with van der Waals surface area (Å²) in [7, 11) is -1.01. The highest BCUT2D eigenvalue weighted by Gasteiger charge is 2.27. The fourth-order valence-corrected chi connectivity index (χ4v) is 3.73. The van der Waals surface area contributed by atoms with Crippen LogP contribution in [0.5, 0.6) is 0 Å². The monoisotopic (exact) mass is 282 g/mol. The van der Waals surface area contributed by atoms with Crippen molar-refractivity contribution < 1.29 is 8.42 Å². The van der Waals surface area contributed by atoms with Crippen LogP contribution in [-0.2, 0) is 16.4 Å². The molecule has 0 aromatic heterocycles. The van der Waals surface area contributed by atoms with E-state index in [1.54, 1.807) is 0 Å². The summed E-state index contributed by atoms with van der Waals surface area (Å²) in [5, 5.41) is 2.98. The van der Waals surface area contributed by atoms with Crippen LogP contribution >= 0.6 is 0 Å². The van der Waals surface area contributed by atoms with Crippen LogP contribution in [0.25, 0.3) is 0 Å². The lowest BCUT2D eigenvalue weighted by Gasteiger charge is -2.32. The largest absolute Gasteiger partial charge is 0.388 e. The van der Waals surface area contributed by atoms with Gasteiger partial charge in [0.25, 0.3) is 0 Å². The third-order valence-corrected chi connectivity index (χ3v) is 5.34. The molecule has 1 aliphatic heterocycles. The van der Waals surface area contributed by atoms with E-state index in [-0.39, 0.29) is 5.25 Å². The van der Waals surface area contributed by atoms with Crippen molar-refractivity contribution in [1.29, 1.82) is 0 Å². The predicted octanol–water partition coefficient (Wildman–Crippen LogP) is 1.74. The summed E-state index contributed by atoms with van der Waals surface area (Å²) in [5.41, 5.74) is 2.34. The van der Waals surface area contributed by atoms with Crippen LogP contribution in [0, 0.1) is 0 Å². The van der Waals surface area contributed by atoms with Gasteiger partial charge in [0.2, 0.25) is 0 Å². The molecule has 5 heteroatoms. The second-order valence-electron chi connectivity index (χ2n) is 5.24. The second kappa shape index (κ2) is 5.92. The van der Waals surface area contributed by atoms with E-state index in [2.05, 4.69) is 16.3 Å². The summed E-state index contributed by atoms with van der Waals surface area (Å²) in [6.45, 7) is 2.43. The standard InChI is InChI=1S/C14H22N2O2S/c1-15-14-8-4-3-6-12(14)10-16-9-5-7-13(11-16)19(2,17)18/h3-4,6,8,13,15H,5,7,9-11H2,1-2H3. The van der Waals surface area contributed by atoms with Gasteiger partial charge < -0.3 is 5.32 Å². The van der Waals surface area contributed by atoms with E-state index in [1.165, 1.54) is 11.8 Å². The average molecular weight is 282 g/mol. The Morgan fingerprint density at radius 2 is 2.11 bits per heavy atom. The Hall–Kier alpha value is -1.07. The first-order valence-corrected chi connectivity index (χ1v) is 8.63. The number of hydrogen-bond donors (Lipinski definition) is 1. The summed E-state index contributed by atoms with van der Waals surface area (Å²) in [6, 6.07) is 8.17. The van der Waals surface area contributed by atoms with E-state index < -0.39 is 9.84 Å². The second-order valence-corrected chi connectivity index (χ2v) is 7.56. The molecule has 1 N–H and O–H groups in total. The van der Waals surface area contributed by atoms with Crippen molar-refractivity contribution in [2.45, 2.75) is 24.6 Å². The van der Waals surface area contributed by atoms with Gasteiger partial charge in [-0.25, -0.2) is 8.42 Å². The molecule has 0 aliphatic carbocycles. The lowest BCUT2D eigenvalue weighted by atomic mass is 10.1. The maximum atomic E-state index is 11.7. The van der Waals surface area contributed by atoms with Crippen molar-refractivity contribution in [2.24, 2.45) is 0 Å². The molecule has 1 heterocycles. The molecule has 0 radical (unpaired) electrons. The molecular weight excluding hydrogens is 260 g/mol. The van der Waals surface area contributed by atoms with E-state index in [4.69, 9.17) is 0 Å². The van der Waals surface area contributed by atoms with Gasteiger partial charge in [0.1, 0.15) is 0 Å². The van der Waals surface area contributed by atoms with E-state index in [0.29, 0.717) is 6.54 Å². The molecule has 0 spiro atoms.